The van der Waals surface area contributed by atoms with Crippen LogP contribution in [0.25, 0.3) is 0 Å². The summed E-state index contributed by atoms with van der Waals surface area (Å²) in [5, 5.41) is 3.06. The van der Waals surface area contributed by atoms with Crippen molar-refractivity contribution in [2.45, 2.75) is 71.9 Å². The Hall–Kier alpha value is -1.26. The molecule has 0 saturated carbocycles. The zero-order chi connectivity index (χ0) is 16.0. The van der Waals surface area contributed by atoms with Gasteiger partial charge in [0.1, 0.15) is 5.60 Å². The van der Waals surface area contributed by atoms with Gasteiger partial charge >= 0.3 is 6.09 Å². The third-order valence-corrected chi connectivity index (χ3v) is 3.63. The van der Waals surface area contributed by atoms with Gasteiger partial charge < -0.3 is 15.0 Å². The second-order valence-corrected chi connectivity index (χ2v) is 6.94. The molecule has 0 aliphatic carbocycles. The number of piperidine rings is 1. The number of ether oxygens (including phenoxy) is 1. The number of carbonyl (C=O) groups is 2. The van der Waals surface area contributed by atoms with Gasteiger partial charge in [-0.3, -0.25) is 4.79 Å². The van der Waals surface area contributed by atoms with Gasteiger partial charge in [-0.15, -0.1) is 0 Å². The van der Waals surface area contributed by atoms with Gasteiger partial charge in [-0.2, -0.15) is 0 Å². The maximum atomic E-state index is 12.1. The van der Waals surface area contributed by atoms with Crippen molar-refractivity contribution in [3.8, 4) is 0 Å². The molecule has 1 N–H and O–H groups in total. The van der Waals surface area contributed by atoms with Crippen LogP contribution >= 0.6 is 0 Å². The first-order valence-electron chi connectivity index (χ1n) is 8.01. The number of nitrogens with zero attached hydrogens (tertiary/aromatic N) is 1. The molecule has 5 heteroatoms. The highest BCUT2D eigenvalue weighted by Crippen LogP contribution is 2.20. The van der Waals surface area contributed by atoms with Crippen molar-refractivity contribution in [3.63, 3.8) is 0 Å². The fourth-order valence-corrected chi connectivity index (χ4v) is 2.52. The SMILES string of the molecule is CCC[C@H](C)NC(=O)C1CCN(C(=O)OC(C)(C)C)CC1. The van der Waals surface area contributed by atoms with E-state index in [-0.39, 0.29) is 24.0 Å². The molecule has 1 heterocycles. The molecule has 1 rings (SSSR count). The summed E-state index contributed by atoms with van der Waals surface area (Å²) in [6.07, 6.45) is 3.22. The van der Waals surface area contributed by atoms with E-state index in [9.17, 15) is 9.59 Å². The van der Waals surface area contributed by atoms with Crippen LogP contribution in [0, 0.1) is 5.92 Å². The van der Waals surface area contributed by atoms with Crippen LogP contribution in [0.2, 0.25) is 0 Å². The zero-order valence-corrected chi connectivity index (χ0v) is 14.1. The predicted molar refractivity (Wildman–Crippen MR) is 83.0 cm³/mol. The van der Waals surface area contributed by atoms with Gasteiger partial charge in [0.2, 0.25) is 5.91 Å². The van der Waals surface area contributed by atoms with E-state index in [0.29, 0.717) is 25.9 Å². The molecular formula is C16H30N2O3. The van der Waals surface area contributed by atoms with Gasteiger partial charge in [-0.05, 0) is 47.0 Å². The predicted octanol–water partition coefficient (Wildman–Crippen LogP) is 2.94. The lowest BCUT2D eigenvalue weighted by Crippen LogP contribution is -2.46. The van der Waals surface area contributed by atoms with Crippen LogP contribution in [0.1, 0.15) is 60.3 Å². The Morgan fingerprint density at radius 1 is 1.29 bits per heavy atom. The third-order valence-electron chi connectivity index (χ3n) is 3.63. The minimum atomic E-state index is -0.471. The van der Waals surface area contributed by atoms with E-state index in [2.05, 4.69) is 12.2 Å². The average molecular weight is 298 g/mol. The number of amides is 2. The standard InChI is InChI=1S/C16H30N2O3/c1-6-7-12(2)17-14(19)13-8-10-18(11-9-13)15(20)21-16(3,4)5/h12-13H,6-11H2,1-5H3,(H,17,19)/t12-/m0/s1. The maximum absolute atomic E-state index is 12.1. The number of nitrogens with one attached hydrogen (secondary N) is 1. The number of rotatable bonds is 4. The smallest absolute Gasteiger partial charge is 0.410 e. The minimum absolute atomic E-state index is 0.0167. The van der Waals surface area contributed by atoms with E-state index < -0.39 is 5.60 Å². The lowest BCUT2D eigenvalue weighted by molar-refractivity contribution is -0.127. The fraction of sp³-hybridized carbons (Fsp3) is 0.875. The molecule has 1 aliphatic rings. The van der Waals surface area contributed by atoms with E-state index in [1.165, 1.54) is 0 Å². The molecule has 0 aromatic heterocycles. The van der Waals surface area contributed by atoms with Crippen molar-refractivity contribution in [1.82, 2.24) is 10.2 Å². The number of hydrogen-bond acceptors (Lipinski definition) is 3. The van der Waals surface area contributed by atoms with E-state index in [1.54, 1.807) is 4.90 Å². The Morgan fingerprint density at radius 3 is 2.33 bits per heavy atom. The molecule has 0 bridgehead atoms. The van der Waals surface area contributed by atoms with Crippen LogP contribution < -0.4 is 5.32 Å². The van der Waals surface area contributed by atoms with E-state index in [1.807, 2.05) is 27.7 Å². The Bertz CT molecular complexity index is 355. The monoisotopic (exact) mass is 298 g/mol. The highest BCUT2D eigenvalue weighted by atomic mass is 16.6. The summed E-state index contributed by atoms with van der Waals surface area (Å²) in [7, 11) is 0. The summed E-state index contributed by atoms with van der Waals surface area (Å²) in [6, 6.07) is 0.228. The fourth-order valence-electron chi connectivity index (χ4n) is 2.52. The largest absolute Gasteiger partial charge is 0.444 e. The van der Waals surface area contributed by atoms with Gasteiger partial charge in [0.15, 0.2) is 0 Å². The molecule has 2 amide bonds. The summed E-state index contributed by atoms with van der Waals surface area (Å²) in [5.74, 6) is 0.141. The van der Waals surface area contributed by atoms with Crippen molar-refractivity contribution >= 4 is 12.0 Å². The first-order valence-corrected chi connectivity index (χ1v) is 8.01. The van der Waals surface area contributed by atoms with E-state index in [4.69, 9.17) is 4.74 Å². The van der Waals surface area contributed by atoms with Gasteiger partial charge in [-0.1, -0.05) is 13.3 Å². The molecule has 0 aromatic rings. The molecule has 5 nitrogen and oxygen atoms in total. The quantitative estimate of drug-likeness (QED) is 0.868. The molecule has 1 fully saturated rings. The van der Waals surface area contributed by atoms with Crippen LogP contribution in [0.5, 0.6) is 0 Å². The molecule has 1 saturated heterocycles. The molecular weight excluding hydrogens is 268 g/mol. The maximum Gasteiger partial charge on any atom is 0.410 e. The molecule has 0 aromatic carbocycles. The van der Waals surface area contributed by atoms with Crippen molar-refractivity contribution < 1.29 is 14.3 Å². The van der Waals surface area contributed by atoms with Crippen molar-refractivity contribution in [1.29, 1.82) is 0 Å². The van der Waals surface area contributed by atoms with Gasteiger partial charge in [-0.25, -0.2) is 4.79 Å². The van der Waals surface area contributed by atoms with Gasteiger partial charge in [0.25, 0.3) is 0 Å². The molecule has 122 valence electrons. The second kappa shape index (κ2) is 7.66. The topological polar surface area (TPSA) is 58.6 Å². The molecule has 21 heavy (non-hydrogen) atoms. The van der Waals surface area contributed by atoms with Crippen LogP contribution in [0.15, 0.2) is 0 Å². The van der Waals surface area contributed by atoms with Crippen LogP contribution in [0.3, 0.4) is 0 Å². The Kier molecular flexibility index (Phi) is 6.49. The molecule has 0 spiro atoms. The summed E-state index contributed by atoms with van der Waals surface area (Å²) in [5.41, 5.74) is -0.471. The highest BCUT2D eigenvalue weighted by molar-refractivity contribution is 5.79. The highest BCUT2D eigenvalue weighted by Gasteiger charge is 2.30. The van der Waals surface area contributed by atoms with E-state index >= 15 is 0 Å². The zero-order valence-electron chi connectivity index (χ0n) is 14.1. The normalized spacial score (nSPS) is 18.2. The van der Waals surface area contributed by atoms with Gasteiger partial charge in [0.05, 0.1) is 0 Å². The Balaban J connectivity index is 2.38. The first kappa shape index (κ1) is 17.8. The van der Waals surface area contributed by atoms with Crippen LogP contribution in [0.4, 0.5) is 4.79 Å². The second-order valence-electron chi connectivity index (χ2n) is 6.94. The van der Waals surface area contributed by atoms with Crippen LogP contribution in [-0.2, 0) is 9.53 Å². The number of hydrogen-bond donors (Lipinski definition) is 1. The van der Waals surface area contributed by atoms with Crippen molar-refractivity contribution in [3.05, 3.63) is 0 Å². The molecule has 0 radical (unpaired) electrons. The minimum Gasteiger partial charge on any atom is -0.444 e. The third kappa shape index (κ3) is 6.36. The lowest BCUT2D eigenvalue weighted by atomic mass is 9.95. The molecule has 1 atom stereocenters. The summed E-state index contributed by atoms with van der Waals surface area (Å²) >= 11 is 0. The molecule has 1 aliphatic heterocycles. The summed E-state index contributed by atoms with van der Waals surface area (Å²) in [4.78, 5) is 25.8. The van der Waals surface area contributed by atoms with Crippen LogP contribution in [-0.4, -0.2) is 41.6 Å². The van der Waals surface area contributed by atoms with Crippen molar-refractivity contribution in [2.24, 2.45) is 5.92 Å². The Morgan fingerprint density at radius 2 is 1.86 bits per heavy atom. The molecule has 0 unspecified atom stereocenters. The van der Waals surface area contributed by atoms with Crippen molar-refractivity contribution in [2.75, 3.05) is 13.1 Å². The lowest BCUT2D eigenvalue weighted by Gasteiger charge is -2.33. The van der Waals surface area contributed by atoms with E-state index in [0.717, 1.165) is 12.8 Å². The summed E-state index contributed by atoms with van der Waals surface area (Å²) < 4.78 is 5.36. The Labute approximate surface area is 128 Å². The average Bonchev–Trinajstić information content (AvgIpc) is 2.37. The summed E-state index contributed by atoms with van der Waals surface area (Å²) in [6.45, 7) is 10.9. The first-order chi connectivity index (χ1) is 9.73. The number of likely N-dealkylation sites (tertiary alicyclic amines) is 1. The number of carbonyl (C=O) groups excluding carboxylic acids is 2. The van der Waals surface area contributed by atoms with Gasteiger partial charge in [0, 0.05) is 25.0 Å².